The number of carbonyl (C=O) groups is 1. The monoisotopic (exact) mass is 435 g/mol. The van der Waals surface area contributed by atoms with Gasteiger partial charge in [-0.1, -0.05) is 40.2 Å². The zero-order valence-electron chi connectivity index (χ0n) is 14.6. The van der Waals surface area contributed by atoms with Crippen molar-refractivity contribution in [3.05, 3.63) is 104 Å². The van der Waals surface area contributed by atoms with Crippen LogP contribution in [0.4, 0.5) is 0 Å². The molecule has 0 aliphatic carbocycles. The zero-order chi connectivity index (χ0) is 19.3. The quantitative estimate of drug-likeness (QED) is 0.459. The minimum atomic E-state index is -0.540. The zero-order valence-corrected chi connectivity index (χ0v) is 16.2. The van der Waals surface area contributed by atoms with Gasteiger partial charge in [0.05, 0.1) is 29.8 Å². The maximum absolute atomic E-state index is 13.3. The Balaban J connectivity index is 1.75. The Morgan fingerprint density at radius 1 is 0.964 bits per heavy atom. The average Bonchev–Trinajstić information content (AvgIpc) is 3.31. The lowest BCUT2D eigenvalue weighted by molar-refractivity contribution is 0.0701. The Kier molecular flexibility index (Phi) is 3.94. The predicted octanol–water partition coefficient (Wildman–Crippen LogP) is 4.89. The van der Waals surface area contributed by atoms with Crippen LogP contribution in [0, 0.1) is 0 Å². The van der Waals surface area contributed by atoms with Gasteiger partial charge in [-0.15, -0.1) is 0 Å². The molecule has 0 radical (unpaired) electrons. The second-order valence-corrected chi connectivity index (χ2v) is 7.55. The highest BCUT2D eigenvalue weighted by Crippen LogP contribution is 2.39. The maximum Gasteiger partial charge on any atom is 0.291 e. The number of para-hydroxylation sites is 1. The summed E-state index contributed by atoms with van der Waals surface area (Å²) in [5, 5.41) is 0.469. The van der Waals surface area contributed by atoms with Crippen LogP contribution in [-0.2, 0) is 6.54 Å². The van der Waals surface area contributed by atoms with Gasteiger partial charge in [0, 0.05) is 4.47 Å². The van der Waals surface area contributed by atoms with Crippen molar-refractivity contribution in [2.24, 2.45) is 0 Å². The first-order chi connectivity index (χ1) is 13.6. The summed E-state index contributed by atoms with van der Waals surface area (Å²) in [5.74, 6) is 0.422. The van der Waals surface area contributed by atoms with Crippen molar-refractivity contribution in [2.75, 3.05) is 0 Å². The van der Waals surface area contributed by atoms with Gasteiger partial charge in [0.1, 0.15) is 11.3 Å². The minimum Gasteiger partial charge on any atom is -0.467 e. The molecule has 0 fully saturated rings. The lowest BCUT2D eigenvalue weighted by atomic mass is 9.98. The molecule has 2 aromatic heterocycles. The molecule has 2 aromatic carbocycles. The van der Waals surface area contributed by atoms with Gasteiger partial charge in [-0.3, -0.25) is 9.59 Å². The molecule has 1 aliphatic heterocycles. The standard InChI is InChI=1S/C22H14BrNO4/c23-14-9-7-13(8-10-14)19-18-20(25)16-5-1-2-6-17(16)28-21(18)22(26)24(19)12-15-4-3-11-27-15/h1-11,19H,12H2. The number of amides is 1. The van der Waals surface area contributed by atoms with Crippen molar-refractivity contribution >= 4 is 32.8 Å². The fourth-order valence-corrected chi connectivity index (χ4v) is 3.96. The Morgan fingerprint density at radius 3 is 2.50 bits per heavy atom. The molecule has 1 atom stereocenters. The summed E-state index contributed by atoms with van der Waals surface area (Å²) >= 11 is 3.43. The first-order valence-corrected chi connectivity index (χ1v) is 9.57. The predicted molar refractivity (Wildman–Crippen MR) is 107 cm³/mol. The van der Waals surface area contributed by atoms with Crippen LogP contribution in [-0.4, -0.2) is 10.8 Å². The van der Waals surface area contributed by atoms with E-state index in [1.54, 1.807) is 47.6 Å². The third kappa shape index (κ3) is 2.60. The molecule has 1 aliphatic rings. The highest BCUT2D eigenvalue weighted by atomic mass is 79.9. The van der Waals surface area contributed by atoms with Crippen molar-refractivity contribution in [3.63, 3.8) is 0 Å². The van der Waals surface area contributed by atoms with E-state index >= 15 is 0 Å². The molecule has 0 bridgehead atoms. The molecule has 1 amide bonds. The molecule has 0 saturated heterocycles. The van der Waals surface area contributed by atoms with E-state index in [1.165, 1.54) is 0 Å². The van der Waals surface area contributed by atoms with Crippen molar-refractivity contribution in [1.29, 1.82) is 0 Å². The molecule has 138 valence electrons. The molecule has 4 aromatic rings. The molecule has 0 N–H and O–H groups in total. The van der Waals surface area contributed by atoms with Crippen LogP contribution in [0.1, 0.15) is 33.5 Å². The van der Waals surface area contributed by atoms with E-state index in [0.29, 0.717) is 22.3 Å². The van der Waals surface area contributed by atoms with Gasteiger partial charge < -0.3 is 13.7 Å². The summed E-state index contributed by atoms with van der Waals surface area (Å²) in [7, 11) is 0. The summed E-state index contributed by atoms with van der Waals surface area (Å²) in [6, 6.07) is 17.6. The van der Waals surface area contributed by atoms with Gasteiger partial charge >= 0.3 is 0 Å². The van der Waals surface area contributed by atoms with Crippen LogP contribution in [0.3, 0.4) is 0 Å². The number of fused-ring (bicyclic) bond motifs is 2. The summed E-state index contributed by atoms with van der Waals surface area (Å²) in [4.78, 5) is 28.1. The lowest BCUT2D eigenvalue weighted by Crippen LogP contribution is -2.29. The van der Waals surface area contributed by atoms with Crippen molar-refractivity contribution in [1.82, 2.24) is 4.90 Å². The molecule has 28 heavy (non-hydrogen) atoms. The highest BCUT2D eigenvalue weighted by molar-refractivity contribution is 9.10. The van der Waals surface area contributed by atoms with Gasteiger partial charge in [0.15, 0.2) is 5.43 Å². The Bertz CT molecular complexity index is 1240. The molecule has 5 rings (SSSR count). The fraction of sp³-hybridized carbons (Fsp3) is 0.0909. The smallest absolute Gasteiger partial charge is 0.291 e. The largest absolute Gasteiger partial charge is 0.467 e. The van der Waals surface area contributed by atoms with Gasteiger partial charge in [-0.25, -0.2) is 0 Å². The Morgan fingerprint density at radius 2 is 1.75 bits per heavy atom. The van der Waals surface area contributed by atoms with E-state index in [4.69, 9.17) is 8.83 Å². The highest BCUT2D eigenvalue weighted by Gasteiger charge is 2.43. The van der Waals surface area contributed by atoms with Crippen LogP contribution in [0.25, 0.3) is 11.0 Å². The van der Waals surface area contributed by atoms with E-state index in [9.17, 15) is 9.59 Å². The SMILES string of the molecule is O=C1c2oc3ccccc3c(=O)c2C(c2ccc(Br)cc2)N1Cc1ccco1. The van der Waals surface area contributed by atoms with Gasteiger partial charge in [-0.05, 0) is 42.0 Å². The molecule has 5 nitrogen and oxygen atoms in total. The second kappa shape index (κ2) is 6.49. The van der Waals surface area contributed by atoms with Crippen LogP contribution in [0.15, 0.2) is 85.0 Å². The second-order valence-electron chi connectivity index (χ2n) is 6.64. The number of furan rings is 1. The molecule has 0 spiro atoms. The number of nitrogens with zero attached hydrogens (tertiary/aromatic N) is 1. The first kappa shape index (κ1) is 17.0. The van der Waals surface area contributed by atoms with E-state index in [0.717, 1.165) is 10.0 Å². The summed E-state index contributed by atoms with van der Waals surface area (Å²) in [6.07, 6.45) is 1.56. The normalized spacial score (nSPS) is 16.0. The number of halogens is 1. The van der Waals surface area contributed by atoms with Crippen LogP contribution >= 0.6 is 15.9 Å². The summed E-state index contributed by atoms with van der Waals surface area (Å²) < 4.78 is 12.3. The number of hydrogen-bond donors (Lipinski definition) is 0. The van der Waals surface area contributed by atoms with E-state index in [-0.39, 0.29) is 23.6 Å². The number of hydrogen-bond acceptors (Lipinski definition) is 4. The molecular weight excluding hydrogens is 422 g/mol. The number of benzene rings is 2. The maximum atomic E-state index is 13.3. The first-order valence-electron chi connectivity index (χ1n) is 8.78. The molecule has 6 heteroatoms. The van der Waals surface area contributed by atoms with Crippen molar-refractivity contribution < 1.29 is 13.6 Å². The minimum absolute atomic E-state index is 0.100. The topological polar surface area (TPSA) is 63.7 Å². The fourth-order valence-electron chi connectivity index (χ4n) is 3.69. The van der Waals surface area contributed by atoms with Gasteiger partial charge in [0.25, 0.3) is 5.91 Å². The lowest BCUT2D eigenvalue weighted by Gasteiger charge is -2.24. The molecule has 3 heterocycles. The molecular formula is C22H14BrNO4. The van der Waals surface area contributed by atoms with E-state index < -0.39 is 6.04 Å². The Labute approximate surface area is 168 Å². The van der Waals surface area contributed by atoms with Crippen LogP contribution < -0.4 is 5.43 Å². The molecule has 1 unspecified atom stereocenters. The van der Waals surface area contributed by atoms with E-state index in [2.05, 4.69) is 15.9 Å². The van der Waals surface area contributed by atoms with Crippen molar-refractivity contribution in [2.45, 2.75) is 12.6 Å². The average molecular weight is 436 g/mol. The summed E-state index contributed by atoms with van der Waals surface area (Å²) in [5.41, 5.74) is 1.44. The van der Waals surface area contributed by atoms with Crippen LogP contribution in [0.5, 0.6) is 0 Å². The third-order valence-electron chi connectivity index (χ3n) is 4.97. The van der Waals surface area contributed by atoms with Gasteiger partial charge in [0.2, 0.25) is 5.76 Å². The Hall–Kier alpha value is -3.12. The third-order valence-corrected chi connectivity index (χ3v) is 5.49. The number of carbonyl (C=O) groups excluding carboxylic acids is 1. The summed E-state index contributed by atoms with van der Waals surface area (Å²) in [6.45, 7) is 0.243. The van der Waals surface area contributed by atoms with Gasteiger partial charge in [-0.2, -0.15) is 0 Å². The van der Waals surface area contributed by atoms with Crippen LogP contribution in [0.2, 0.25) is 0 Å². The van der Waals surface area contributed by atoms with E-state index in [1.807, 2.05) is 24.3 Å². The van der Waals surface area contributed by atoms with Crippen molar-refractivity contribution in [3.8, 4) is 0 Å². The number of rotatable bonds is 3. The molecule has 0 saturated carbocycles.